The van der Waals surface area contributed by atoms with Crippen molar-refractivity contribution in [2.45, 2.75) is 72.0 Å². The summed E-state index contributed by atoms with van der Waals surface area (Å²) in [6.45, 7) is 8.00. The first-order chi connectivity index (χ1) is 15.8. The van der Waals surface area contributed by atoms with Crippen LogP contribution in [0.5, 0.6) is 11.5 Å². The first-order valence-electron chi connectivity index (χ1n) is 11.7. The Kier molecular flexibility index (Phi) is 8.37. The first kappa shape index (κ1) is 24.6. The van der Waals surface area contributed by atoms with Gasteiger partial charge in [-0.1, -0.05) is 31.0 Å². The molecule has 0 aromatic heterocycles. The van der Waals surface area contributed by atoms with Gasteiger partial charge in [-0.05, 0) is 81.0 Å². The molecule has 6 nitrogen and oxygen atoms in total. The minimum atomic E-state index is -0.607. The van der Waals surface area contributed by atoms with Crippen LogP contribution in [0.4, 0.5) is 0 Å². The van der Waals surface area contributed by atoms with Gasteiger partial charge >= 0.3 is 0 Å². The first-order valence-corrected chi connectivity index (χ1v) is 11.7. The van der Waals surface area contributed by atoms with Gasteiger partial charge < -0.3 is 19.7 Å². The van der Waals surface area contributed by atoms with Crippen molar-refractivity contribution in [3.8, 4) is 11.5 Å². The molecule has 0 heterocycles. The molecule has 178 valence electrons. The third-order valence-corrected chi connectivity index (χ3v) is 6.50. The van der Waals surface area contributed by atoms with Gasteiger partial charge in [0.1, 0.15) is 17.5 Å². The molecule has 0 bridgehead atoms. The zero-order chi connectivity index (χ0) is 24.0. The number of rotatable bonds is 9. The van der Waals surface area contributed by atoms with Crippen molar-refractivity contribution >= 4 is 11.8 Å². The fourth-order valence-electron chi connectivity index (χ4n) is 4.28. The standard InChI is InChI=1S/C27H36N2O4/c1-18-14-19(2)20(3)25(15-18)33-17-26(30)29(16-22-10-12-24(32-5)13-11-22)21(4)27(31)28-23-8-6-7-9-23/h10-15,21,23H,6-9,16-17H2,1-5H3,(H,28,31). The van der Waals surface area contributed by atoms with Crippen LogP contribution < -0.4 is 14.8 Å². The number of carbonyl (C=O) groups is 2. The lowest BCUT2D eigenvalue weighted by molar-refractivity contribution is -0.142. The number of methoxy groups -OCH3 is 1. The summed E-state index contributed by atoms with van der Waals surface area (Å²) in [7, 11) is 1.62. The van der Waals surface area contributed by atoms with Gasteiger partial charge in [0, 0.05) is 12.6 Å². The molecule has 1 saturated carbocycles. The van der Waals surface area contributed by atoms with Crippen molar-refractivity contribution in [3.05, 3.63) is 58.7 Å². The largest absolute Gasteiger partial charge is 0.497 e. The van der Waals surface area contributed by atoms with Gasteiger partial charge in [0.15, 0.2) is 6.61 Å². The van der Waals surface area contributed by atoms with E-state index in [2.05, 4.69) is 11.4 Å². The summed E-state index contributed by atoms with van der Waals surface area (Å²) in [4.78, 5) is 27.9. The van der Waals surface area contributed by atoms with Crippen LogP contribution in [-0.2, 0) is 16.1 Å². The molecule has 2 aromatic rings. The normalized spacial score (nSPS) is 14.6. The lowest BCUT2D eigenvalue weighted by Gasteiger charge is -2.30. The Balaban J connectivity index is 1.75. The Morgan fingerprint density at radius 1 is 1.09 bits per heavy atom. The van der Waals surface area contributed by atoms with E-state index in [-0.39, 0.29) is 24.5 Å². The van der Waals surface area contributed by atoms with E-state index in [0.717, 1.165) is 53.7 Å². The second-order valence-corrected chi connectivity index (χ2v) is 9.03. The van der Waals surface area contributed by atoms with Gasteiger partial charge in [-0.2, -0.15) is 0 Å². The Labute approximate surface area is 197 Å². The Bertz CT molecular complexity index is 965. The van der Waals surface area contributed by atoms with Crippen molar-refractivity contribution in [2.24, 2.45) is 0 Å². The minimum Gasteiger partial charge on any atom is -0.497 e. The highest BCUT2D eigenvalue weighted by molar-refractivity contribution is 5.88. The van der Waals surface area contributed by atoms with E-state index >= 15 is 0 Å². The fraction of sp³-hybridized carbons (Fsp3) is 0.481. The van der Waals surface area contributed by atoms with Crippen LogP contribution in [0.3, 0.4) is 0 Å². The van der Waals surface area contributed by atoms with Crippen molar-refractivity contribution in [2.75, 3.05) is 13.7 Å². The second-order valence-electron chi connectivity index (χ2n) is 9.03. The van der Waals surface area contributed by atoms with Crippen molar-refractivity contribution in [3.63, 3.8) is 0 Å². The maximum Gasteiger partial charge on any atom is 0.261 e. The summed E-state index contributed by atoms with van der Waals surface area (Å²) in [5.41, 5.74) is 4.14. The predicted molar refractivity (Wildman–Crippen MR) is 130 cm³/mol. The van der Waals surface area contributed by atoms with Crippen LogP contribution in [-0.4, -0.2) is 42.5 Å². The summed E-state index contributed by atoms with van der Waals surface area (Å²) in [6, 6.07) is 11.2. The van der Waals surface area contributed by atoms with E-state index in [9.17, 15) is 9.59 Å². The number of nitrogens with zero attached hydrogens (tertiary/aromatic N) is 1. The van der Waals surface area contributed by atoms with E-state index in [4.69, 9.17) is 9.47 Å². The zero-order valence-electron chi connectivity index (χ0n) is 20.4. The lowest BCUT2D eigenvalue weighted by atomic mass is 10.1. The maximum absolute atomic E-state index is 13.3. The molecule has 1 aliphatic carbocycles. The van der Waals surface area contributed by atoms with Crippen LogP contribution in [0.2, 0.25) is 0 Å². The molecule has 3 rings (SSSR count). The Hall–Kier alpha value is -3.02. The molecule has 0 radical (unpaired) electrons. The van der Waals surface area contributed by atoms with Crippen molar-refractivity contribution in [1.29, 1.82) is 0 Å². The van der Waals surface area contributed by atoms with Crippen molar-refractivity contribution < 1.29 is 19.1 Å². The number of nitrogens with one attached hydrogen (secondary N) is 1. The van der Waals surface area contributed by atoms with E-state index in [0.29, 0.717) is 12.3 Å². The van der Waals surface area contributed by atoms with E-state index in [1.54, 1.807) is 18.9 Å². The summed E-state index contributed by atoms with van der Waals surface area (Å²) in [5.74, 6) is 1.11. The van der Waals surface area contributed by atoms with Gasteiger partial charge in [-0.15, -0.1) is 0 Å². The minimum absolute atomic E-state index is 0.119. The number of amides is 2. The third kappa shape index (κ3) is 6.50. The number of ether oxygens (including phenoxy) is 2. The molecule has 2 amide bonds. The van der Waals surface area contributed by atoms with Gasteiger partial charge in [0.05, 0.1) is 7.11 Å². The third-order valence-electron chi connectivity index (χ3n) is 6.50. The predicted octanol–water partition coefficient (Wildman–Crippen LogP) is 4.48. The molecule has 1 unspecified atom stereocenters. The highest BCUT2D eigenvalue weighted by Gasteiger charge is 2.29. The van der Waals surface area contributed by atoms with Crippen molar-refractivity contribution in [1.82, 2.24) is 10.2 Å². The number of carbonyl (C=O) groups excluding carboxylic acids is 2. The maximum atomic E-state index is 13.3. The number of hydrogen-bond acceptors (Lipinski definition) is 4. The topological polar surface area (TPSA) is 67.9 Å². The smallest absolute Gasteiger partial charge is 0.261 e. The molecule has 2 aromatic carbocycles. The van der Waals surface area contributed by atoms with Crippen LogP contribution in [0.15, 0.2) is 36.4 Å². The molecule has 1 fully saturated rings. The van der Waals surface area contributed by atoms with E-state index in [1.165, 1.54) is 0 Å². The van der Waals surface area contributed by atoms with E-state index < -0.39 is 6.04 Å². The molecule has 33 heavy (non-hydrogen) atoms. The fourth-order valence-corrected chi connectivity index (χ4v) is 4.28. The summed E-state index contributed by atoms with van der Waals surface area (Å²) in [6.07, 6.45) is 4.27. The Morgan fingerprint density at radius 2 is 1.76 bits per heavy atom. The molecular formula is C27H36N2O4. The highest BCUT2D eigenvalue weighted by atomic mass is 16.5. The number of aryl methyl sites for hydroxylation is 2. The van der Waals surface area contributed by atoms with Gasteiger partial charge in [0.25, 0.3) is 5.91 Å². The SMILES string of the molecule is COc1ccc(CN(C(=O)COc2cc(C)cc(C)c2C)C(C)C(=O)NC2CCCC2)cc1. The molecule has 1 aliphatic rings. The van der Waals surface area contributed by atoms with Crippen LogP contribution >= 0.6 is 0 Å². The highest BCUT2D eigenvalue weighted by Crippen LogP contribution is 2.24. The average molecular weight is 453 g/mol. The average Bonchev–Trinajstić information content (AvgIpc) is 3.31. The molecule has 0 saturated heterocycles. The molecule has 1 atom stereocenters. The monoisotopic (exact) mass is 452 g/mol. The zero-order valence-corrected chi connectivity index (χ0v) is 20.4. The molecule has 6 heteroatoms. The number of benzene rings is 2. The van der Waals surface area contributed by atoms with E-state index in [1.807, 2.05) is 51.1 Å². The van der Waals surface area contributed by atoms with Crippen LogP contribution in [0, 0.1) is 20.8 Å². The second kappa shape index (κ2) is 11.2. The molecular weight excluding hydrogens is 416 g/mol. The quantitative estimate of drug-likeness (QED) is 0.609. The van der Waals surface area contributed by atoms with Gasteiger partial charge in [-0.3, -0.25) is 9.59 Å². The summed E-state index contributed by atoms with van der Waals surface area (Å²) >= 11 is 0. The number of hydrogen-bond donors (Lipinski definition) is 1. The molecule has 1 N–H and O–H groups in total. The van der Waals surface area contributed by atoms with Crippen LogP contribution in [0.25, 0.3) is 0 Å². The summed E-state index contributed by atoms with van der Waals surface area (Å²) in [5, 5.41) is 3.12. The van der Waals surface area contributed by atoms with Gasteiger partial charge in [0.2, 0.25) is 5.91 Å². The van der Waals surface area contributed by atoms with Crippen LogP contribution in [0.1, 0.15) is 54.9 Å². The Morgan fingerprint density at radius 3 is 2.39 bits per heavy atom. The molecule has 0 spiro atoms. The van der Waals surface area contributed by atoms with Gasteiger partial charge in [-0.25, -0.2) is 0 Å². The molecule has 0 aliphatic heterocycles. The summed E-state index contributed by atoms with van der Waals surface area (Å²) < 4.78 is 11.2. The lowest BCUT2D eigenvalue weighted by Crippen LogP contribution is -2.50.